The molecule has 7 heteroatoms. The Morgan fingerprint density at radius 2 is 1.97 bits per heavy atom. The summed E-state index contributed by atoms with van der Waals surface area (Å²) in [7, 11) is 3.18. The van der Waals surface area contributed by atoms with Crippen LogP contribution in [0.5, 0.6) is 0 Å². The average Bonchev–Trinajstić information content (AvgIpc) is 3.04. The molecule has 1 aromatic heterocycles. The maximum Gasteiger partial charge on any atom is 0.151 e. The molecule has 0 aliphatic heterocycles. The summed E-state index contributed by atoms with van der Waals surface area (Å²) >= 11 is 0. The van der Waals surface area contributed by atoms with Crippen molar-refractivity contribution in [1.29, 1.82) is 0 Å². The highest BCUT2D eigenvalue weighted by atomic mass is 19.1. The number of ether oxygens (including phenoxy) is 3. The highest BCUT2D eigenvalue weighted by Crippen LogP contribution is 2.25. The van der Waals surface area contributed by atoms with Crippen LogP contribution in [0.25, 0.3) is 6.08 Å². The smallest absolute Gasteiger partial charge is 0.151 e. The second kappa shape index (κ2) is 12.4. The third kappa shape index (κ3) is 7.13. The number of hydrogen-bond donors (Lipinski definition) is 1. The number of methoxy groups -OCH3 is 2. The van der Waals surface area contributed by atoms with Gasteiger partial charge in [-0.25, -0.2) is 4.39 Å². The minimum absolute atomic E-state index is 0.176. The van der Waals surface area contributed by atoms with Gasteiger partial charge in [0.2, 0.25) is 0 Å². The van der Waals surface area contributed by atoms with E-state index < -0.39 is 0 Å². The van der Waals surface area contributed by atoms with E-state index in [1.54, 1.807) is 26.4 Å². The van der Waals surface area contributed by atoms with Crippen molar-refractivity contribution >= 4 is 19.1 Å². The molecular formula is C24H30FN3O3. The van der Waals surface area contributed by atoms with Gasteiger partial charge in [0.05, 0.1) is 20.8 Å². The number of halogens is 1. The fraction of sp³-hybridized carbons (Fsp3) is 0.333. The van der Waals surface area contributed by atoms with Gasteiger partial charge in [-0.15, -0.1) is 6.58 Å². The van der Waals surface area contributed by atoms with E-state index in [9.17, 15) is 4.39 Å². The predicted molar refractivity (Wildman–Crippen MR) is 124 cm³/mol. The molecule has 0 spiro atoms. The number of aliphatic imine (C=N–C) groups is 2. The largest absolute Gasteiger partial charge is 0.497 e. The number of allylic oxidation sites excluding steroid dienone is 4. The molecule has 0 unspecified atom stereocenters. The van der Waals surface area contributed by atoms with E-state index >= 15 is 0 Å². The van der Waals surface area contributed by atoms with Gasteiger partial charge in [0.1, 0.15) is 30.3 Å². The fourth-order valence-electron chi connectivity index (χ4n) is 3.14. The fourth-order valence-corrected chi connectivity index (χ4v) is 3.14. The maximum atomic E-state index is 14.7. The van der Waals surface area contributed by atoms with Crippen molar-refractivity contribution < 1.29 is 18.6 Å². The first kappa shape index (κ1) is 23.9. The number of rotatable bonds is 12. The number of aromatic nitrogens is 1. The van der Waals surface area contributed by atoms with Gasteiger partial charge in [0.25, 0.3) is 0 Å². The van der Waals surface area contributed by atoms with Crippen LogP contribution in [0, 0.1) is 6.92 Å². The second-order valence-corrected chi connectivity index (χ2v) is 6.91. The van der Waals surface area contributed by atoms with Gasteiger partial charge in [0.15, 0.2) is 5.76 Å². The van der Waals surface area contributed by atoms with Gasteiger partial charge in [-0.2, -0.15) is 0 Å². The summed E-state index contributed by atoms with van der Waals surface area (Å²) in [6.07, 6.45) is 9.76. The summed E-state index contributed by atoms with van der Waals surface area (Å²) in [5, 5.41) is 0. The van der Waals surface area contributed by atoms with E-state index in [1.165, 1.54) is 6.34 Å². The second-order valence-electron chi connectivity index (χ2n) is 6.91. The van der Waals surface area contributed by atoms with Crippen molar-refractivity contribution in [2.24, 2.45) is 9.98 Å². The van der Waals surface area contributed by atoms with Crippen LogP contribution in [-0.4, -0.2) is 45.4 Å². The van der Waals surface area contributed by atoms with Crippen molar-refractivity contribution in [2.45, 2.75) is 26.2 Å². The summed E-state index contributed by atoms with van der Waals surface area (Å²) in [6, 6.07) is 1.94. The highest BCUT2D eigenvalue weighted by molar-refractivity contribution is 5.62. The molecule has 0 bridgehead atoms. The first-order chi connectivity index (χ1) is 15.0. The first-order valence-corrected chi connectivity index (χ1v) is 9.93. The van der Waals surface area contributed by atoms with Gasteiger partial charge in [0, 0.05) is 30.7 Å². The monoisotopic (exact) mass is 427 g/mol. The molecule has 0 amide bonds. The minimum Gasteiger partial charge on any atom is -0.497 e. The number of aryl methyl sites for hydroxylation is 1. The molecule has 6 nitrogen and oxygen atoms in total. The quantitative estimate of drug-likeness (QED) is 0.215. The molecule has 0 saturated carbocycles. The first-order valence-electron chi connectivity index (χ1n) is 9.93. The van der Waals surface area contributed by atoms with Crippen LogP contribution >= 0.6 is 0 Å². The molecule has 1 aromatic rings. The number of aromatic amines is 1. The van der Waals surface area contributed by atoms with E-state index in [2.05, 4.69) is 28.3 Å². The van der Waals surface area contributed by atoms with E-state index in [0.717, 1.165) is 22.5 Å². The molecule has 1 heterocycles. The Labute approximate surface area is 183 Å². The summed E-state index contributed by atoms with van der Waals surface area (Å²) in [5.41, 5.74) is 3.65. The number of hydrogen-bond acceptors (Lipinski definition) is 4. The summed E-state index contributed by atoms with van der Waals surface area (Å²) in [4.78, 5) is 11.0. The Balaban J connectivity index is 2.16. The van der Waals surface area contributed by atoms with E-state index in [-0.39, 0.29) is 24.6 Å². The van der Waals surface area contributed by atoms with E-state index in [1.807, 2.05) is 25.1 Å². The summed E-state index contributed by atoms with van der Waals surface area (Å²) in [6.45, 7) is 9.59. The van der Waals surface area contributed by atoms with Crippen LogP contribution in [0.15, 0.2) is 69.5 Å². The van der Waals surface area contributed by atoms with Gasteiger partial charge in [-0.3, -0.25) is 9.98 Å². The van der Waals surface area contributed by atoms with Gasteiger partial charge < -0.3 is 19.2 Å². The number of H-pyrrole nitrogens is 1. The average molecular weight is 428 g/mol. The lowest BCUT2D eigenvalue weighted by molar-refractivity contribution is 0.212. The zero-order valence-electron chi connectivity index (χ0n) is 18.4. The third-order valence-electron chi connectivity index (χ3n) is 4.66. The van der Waals surface area contributed by atoms with Crippen LogP contribution in [-0.2, 0) is 20.6 Å². The Bertz CT molecular complexity index is 936. The standard InChI is InChI=1S/C24H30FN3O3/c1-6-7-23(29-4)24(30-5)10-8-18(14-27-16-26-3)15-31-22-11-9-21-19(13-20(22)25)12-17(2)28-21/h6,8-9,11-12,16,28H,1,3,7,10,13-15H2,2,4-5H3/b18-8+,24-23-,27-16?. The van der Waals surface area contributed by atoms with Crippen molar-refractivity contribution in [3.8, 4) is 0 Å². The molecule has 31 heavy (non-hydrogen) atoms. The zero-order chi connectivity index (χ0) is 22.6. The van der Waals surface area contributed by atoms with E-state index in [4.69, 9.17) is 14.2 Å². The molecular weight excluding hydrogens is 397 g/mol. The maximum absolute atomic E-state index is 14.7. The van der Waals surface area contributed by atoms with Gasteiger partial charge >= 0.3 is 0 Å². The van der Waals surface area contributed by atoms with Crippen LogP contribution in [0.1, 0.15) is 29.8 Å². The zero-order valence-corrected chi connectivity index (χ0v) is 18.4. The van der Waals surface area contributed by atoms with Crippen LogP contribution in [0.3, 0.4) is 0 Å². The molecule has 1 N–H and O–H groups in total. The number of nitrogens with one attached hydrogen (secondary N) is 1. The van der Waals surface area contributed by atoms with Crippen molar-refractivity contribution in [3.05, 3.63) is 76.5 Å². The number of fused-ring (bicyclic) bond motifs is 1. The van der Waals surface area contributed by atoms with Gasteiger partial charge in [-0.1, -0.05) is 12.2 Å². The highest BCUT2D eigenvalue weighted by Gasteiger charge is 2.15. The van der Waals surface area contributed by atoms with Crippen molar-refractivity contribution in [1.82, 2.24) is 4.98 Å². The van der Waals surface area contributed by atoms with E-state index in [0.29, 0.717) is 30.9 Å². The predicted octanol–water partition coefficient (Wildman–Crippen LogP) is 5.22. The summed E-state index contributed by atoms with van der Waals surface area (Å²) < 4.78 is 31.4. The van der Waals surface area contributed by atoms with Crippen molar-refractivity contribution in [2.75, 3.05) is 27.4 Å². The van der Waals surface area contributed by atoms with Crippen molar-refractivity contribution in [3.63, 3.8) is 0 Å². The molecule has 166 valence electrons. The minimum atomic E-state index is -0.310. The molecule has 0 aromatic carbocycles. The molecule has 0 fully saturated rings. The Hall–Kier alpha value is -3.35. The van der Waals surface area contributed by atoms with Gasteiger partial charge in [-0.05, 0) is 43.0 Å². The Kier molecular flexibility index (Phi) is 9.55. The molecule has 0 atom stereocenters. The molecule has 2 rings (SSSR count). The SMILES string of the molecule is C=CC/C(OC)=C(\C/C=C(\CN=CN=C)COC1=C(F)Cc2cc(C)[nH]c2C=C1)OC. The van der Waals surface area contributed by atoms with Crippen LogP contribution in [0.2, 0.25) is 0 Å². The Morgan fingerprint density at radius 1 is 1.23 bits per heavy atom. The topological polar surface area (TPSA) is 68.2 Å². The molecule has 1 aliphatic carbocycles. The molecule has 0 radical (unpaired) electrons. The van der Waals surface area contributed by atoms with Crippen LogP contribution in [0.4, 0.5) is 4.39 Å². The lowest BCUT2D eigenvalue weighted by atomic mass is 10.1. The molecule has 1 aliphatic rings. The lowest BCUT2D eigenvalue weighted by Crippen LogP contribution is -2.04. The normalized spacial score (nSPS) is 14.8. The Morgan fingerprint density at radius 3 is 2.65 bits per heavy atom. The third-order valence-corrected chi connectivity index (χ3v) is 4.66. The summed E-state index contributed by atoms with van der Waals surface area (Å²) in [5.74, 6) is 1.28. The lowest BCUT2D eigenvalue weighted by Gasteiger charge is -2.13. The molecule has 0 saturated heterocycles. The van der Waals surface area contributed by atoms with Crippen LogP contribution < -0.4 is 0 Å². The number of nitrogens with zero attached hydrogens (tertiary/aromatic N) is 2.